The highest BCUT2D eigenvalue weighted by molar-refractivity contribution is 8.00. The smallest absolute Gasteiger partial charge is 0.254 e. The summed E-state index contributed by atoms with van der Waals surface area (Å²) in [6, 6.07) is 4.70. The Labute approximate surface area is 111 Å². The summed E-state index contributed by atoms with van der Waals surface area (Å²) < 4.78 is 13.8. The van der Waals surface area contributed by atoms with Crippen LogP contribution in [0, 0.1) is 12.7 Å². The molecule has 0 aliphatic heterocycles. The molecule has 1 aromatic carbocycles. The third kappa shape index (κ3) is 2.69. The number of carbonyl (C=O) groups excluding carboxylic acids is 1. The summed E-state index contributed by atoms with van der Waals surface area (Å²) in [7, 11) is 0. The Morgan fingerprint density at radius 2 is 2.22 bits per heavy atom. The maximum atomic E-state index is 13.6. The molecule has 18 heavy (non-hydrogen) atoms. The number of benzene rings is 1. The molecule has 1 aliphatic carbocycles. The highest BCUT2D eigenvalue weighted by Crippen LogP contribution is 2.42. The molecule has 1 aromatic rings. The van der Waals surface area contributed by atoms with Crippen LogP contribution in [0.3, 0.4) is 0 Å². The summed E-state index contributed by atoms with van der Waals surface area (Å²) in [6.07, 6.45) is 5.54. The first-order valence-corrected chi connectivity index (χ1v) is 7.38. The Hall–Kier alpha value is -1.03. The van der Waals surface area contributed by atoms with E-state index in [0.29, 0.717) is 6.54 Å². The minimum absolute atomic E-state index is 0.135. The Morgan fingerprint density at radius 3 is 2.72 bits per heavy atom. The quantitative estimate of drug-likeness (QED) is 0.908. The van der Waals surface area contributed by atoms with E-state index in [-0.39, 0.29) is 16.2 Å². The highest BCUT2D eigenvalue weighted by atomic mass is 32.2. The number of halogens is 1. The fourth-order valence-corrected chi connectivity index (χ4v) is 3.08. The second-order valence-electron chi connectivity index (χ2n) is 4.91. The monoisotopic (exact) mass is 267 g/mol. The van der Waals surface area contributed by atoms with Gasteiger partial charge in [0, 0.05) is 11.3 Å². The van der Waals surface area contributed by atoms with E-state index in [1.807, 2.05) is 6.92 Å². The Bertz CT molecular complexity index is 452. The number of thioether (sulfide) groups is 1. The molecular formula is C14H18FNOS. The third-order valence-corrected chi connectivity index (χ3v) is 5.06. The summed E-state index contributed by atoms with van der Waals surface area (Å²) in [6.45, 7) is 2.43. The molecule has 1 fully saturated rings. The molecule has 0 radical (unpaired) electrons. The topological polar surface area (TPSA) is 29.1 Å². The van der Waals surface area contributed by atoms with E-state index >= 15 is 0 Å². The number of hydrogen-bond donors (Lipinski definition) is 1. The lowest BCUT2D eigenvalue weighted by atomic mass is 9.84. The van der Waals surface area contributed by atoms with Crippen molar-refractivity contribution in [2.75, 3.05) is 12.8 Å². The van der Waals surface area contributed by atoms with E-state index in [1.54, 1.807) is 23.9 Å². The second kappa shape index (κ2) is 5.31. The molecule has 0 heterocycles. The van der Waals surface area contributed by atoms with Crippen LogP contribution in [0.15, 0.2) is 18.2 Å². The summed E-state index contributed by atoms with van der Waals surface area (Å²) in [4.78, 5) is 11.9. The van der Waals surface area contributed by atoms with Gasteiger partial charge in [0.05, 0.1) is 5.56 Å². The van der Waals surface area contributed by atoms with E-state index in [1.165, 1.54) is 12.5 Å². The van der Waals surface area contributed by atoms with Gasteiger partial charge in [0.15, 0.2) is 0 Å². The lowest BCUT2D eigenvalue weighted by Gasteiger charge is -2.40. The van der Waals surface area contributed by atoms with Crippen LogP contribution in [-0.4, -0.2) is 23.5 Å². The summed E-state index contributed by atoms with van der Waals surface area (Å²) in [5.41, 5.74) is 0.958. The standard InChI is InChI=1S/C14H18FNOS/c1-10-4-5-11(12(15)8-10)13(17)16-9-14(18-2)6-3-7-14/h4-5,8H,3,6-7,9H2,1-2H3,(H,16,17). The second-order valence-corrected chi connectivity index (χ2v) is 6.18. The van der Waals surface area contributed by atoms with Gasteiger partial charge in [-0.05, 0) is 43.7 Å². The van der Waals surface area contributed by atoms with Gasteiger partial charge in [0.2, 0.25) is 0 Å². The zero-order valence-electron chi connectivity index (χ0n) is 10.8. The van der Waals surface area contributed by atoms with Gasteiger partial charge in [0.25, 0.3) is 5.91 Å². The predicted octanol–water partition coefficient (Wildman–Crippen LogP) is 3.15. The van der Waals surface area contributed by atoms with Crippen LogP contribution in [0.5, 0.6) is 0 Å². The lowest BCUT2D eigenvalue weighted by molar-refractivity contribution is 0.0940. The molecule has 2 nitrogen and oxygen atoms in total. The molecule has 1 amide bonds. The molecule has 0 saturated heterocycles. The zero-order chi connectivity index (χ0) is 13.2. The van der Waals surface area contributed by atoms with Gasteiger partial charge < -0.3 is 5.32 Å². The molecule has 0 bridgehead atoms. The SMILES string of the molecule is CSC1(CNC(=O)c2ccc(C)cc2F)CCC1. The molecule has 0 atom stereocenters. The molecule has 1 saturated carbocycles. The van der Waals surface area contributed by atoms with Crippen LogP contribution in [0.25, 0.3) is 0 Å². The van der Waals surface area contributed by atoms with Crippen molar-refractivity contribution in [2.45, 2.75) is 30.9 Å². The summed E-state index contributed by atoms with van der Waals surface area (Å²) in [5.74, 6) is -0.757. The van der Waals surface area contributed by atoms with Gasteiger partial charge in [-0.2, -0.15) is 11.8 Å². The van der Waals surface area contributed by atoms with Gasteiger partial charge in [-0.25, -0.2) is 4.39 Å². The van der Waals surface area contributed by atoms with Crippen molar-refractivity contribution >= 4 is 17.7 Å². The van der Waals surface area contributed by atoms with Gasteiger partial charge in [-0.1, -0.05) is 12.5 Å². The number of hydrogen-bond acceptors (Lipinski definition) is 2. The minimum atomic E-state index is -0.445. The molecule has 1 aliphatic rings. The fourth-order valence-electron chi connectivity index (χ4n) is 2.17. The number of amides is 1. The molecule has 2 rings (SSSR count). The predicted molar refractivity (Wildman–Crippen MR) is 73.6 cm³/mol. The Balaban J connectivity index is 1.99. The van der Waals surface area contributed by atoms with Crippen LogP contribution in [0.4, 0.5) is 4.39 Å². The highest BCUT2D eigenvalue weighted by Gasteiger charge is 2.36. The normalized spacial score (nSPS) is 17.1. The first-order valence-electron chi connectivity index (χ1n) is 6.16. The number of carbonyl (C=O) groups is 1. The lowest BCUT2D eigenvalue weighted by Crippen LogP contribution is -2.45. The Kier molecular flexibility index (Phi) is 3.95. The molecule has 0 unspecified atom stereocenters. The van der Waals surface area contributed by atoms with E-state index in [0.717, 1.165) is 18.4 Å². The maximum absolute atomic E-state index is 13.6. The van der Waals surface area contributed by atoms with Crippen LogP contribution in [-0.2, 0) is 0 Å². The largest absolute Gasteiger partial charge is 0.351 e. The minimum Gasteiger partial charge on any atom is -0.351 e. The average Bonchev–Trinajstić information content (AvgIpc) is 2.27. The fraction of sp³-hybridized carbons (Fsp3) is 0.500. The van der Waals surface area contributed by atoms with Gasteiger partial charge >= 0.3 is 0 Å². The molecule has 98 valence electrons. The molecule has 0 aromatic heterocycles. The zero-order valence-corrected chi connectivity index (χ0v) is 11.6. The van der Waals surface area contributed by atoms with Gasteiger partial charge in [-0.3, -0.25) is 4.79 Å². The van der Waals surface area contributed by atoms with Crippen molar-refractivity contribution in [3.8, 4) is 0 Å². The van der Waals surface area contributed by atoms with Crippen molar-refractivity contribution in [1.29, 1.82) is 0 Å². The average molecular weight is 267 g/mol. The Morgan fingerprint density at radius 1 is 1.50 bits per heavy atom. The van der Waals surface area contributed by atoms with Crippen LogP contribution < -0.4 is 5.32 Å². The third-order valence-electron chi connectivity index (χ3n) is 3.64. The van der Waals surface area contributed by atoms with Gasteiger partial charge in [-0.15, -0.1) is 0 Å². The first kappa shape index (κ1) is 13.4. The maximum Gasteiger partial charge on any atom is 0.254 e. The van der Waals surface area contributed by atoms with Crippen molar-refractivity contribution in [1.82, 2.24) is 5.32 Å². The molecule has 1 N–H and O–H groups in total. The molecule has 0 spiro atoms. The number of rotatable bonds is 4. The van der Waals surface area contributed by atoms with Crippen LogP contribution in [0.1, 0.15) is 35.2 Å². The van der Waals surface area contributed by atoms with Crippen molar-refractivity contribution in [3.63, 3.8) is 0 Å². The van der Waals surface area contributed by atoms with Crippen LogP contribution >= 0.6 is 11.8 Å². The van der Waals surface area contributed by atoms with Crippen molar-refractivity contribution in [3.05, 3.63) is 35.1 Å². The van der Waals surface area contributed by atoms with E-state index < -0.39 is 5.82 Å². The van der Waals surface area contributed by atoms with Crippen molar-refractivity contribution < 1.29 is 9.18 Å². The van der Waals surface area contributed by atoms with Crippen LogP contribution in [0.2, 0.25) is 0 Å². The number of nitrogens with one attached hydrogen (secondary N) is 1. The summed E-state index contributed by atoms with van der Waals surface area (Å²) >= 11 is 1.79. The molecule has 4 heteroatoms. The number of aryl methyl sites for hydroxylation is 1. The van der Waals surface area contributed by atoms with E-state index in [4.69, 9.17) is 0 Å². The van der Waals surface area contributed by atoms with Gasteiger partial charge in [0.1, 0.15) is 5.82 Å². The van der Waals surface area contributed by atoms with Crippen molar-refractivity contribution in [2.24, 2.45) is 0 Å². The summed E-state index contributed by atoms with van der Waals surface area (Å²) in [5, 5.41) is 2.85. The first-order chi connectivity index (χ1) is 8.56. The van der Waals surface area contributed by atoms with E-state index in [2.05, 4.69) is 11.6 Å². The molecular weight excluding hydrogens is 249 g/mol. The van der Waals surface area contributed by atoms with E-state index in [9.17, 15) is 9.18 Å².